The zero-order valence-corrected chi connectivity index (χ0v) is 56.5. The van der Waals surface area contributed by atoms with Crippen LogP contribution in [0.2, 0.25) is 0 Å². The van der Waals surface area contributed by atoms with Crippen molar-refractivity contribution in [3.8, 4) is 0 Å². The number of hydrogen-bond donors (Lipinski definition) is 1. The van der Waals surface area contributed by atoms with Crippen molar-refractivity contribution in [1.29, 1.82) is 0 Å². The van der Waals surface area contributed by atoms with Gasteiger partial charge in [0.1, 0.15) is 13.2 Å². The second kappa shape index (κ2) is 67.8. The fraction of sp³-hybridized carbons (Fsp3) is 0.537. The molecule has 1 N–H and O–H groups in total. The first kappa shape index (κ1) is 82.9. The van der Waals surface area contributed by atoms with Crippen molar-refractivity contribution in [2.75, 3.05) is 47.5 Å². The third kappa shape index (κ3) is 69.2. The summed E-state index contributed by atoms with van der Waals surface area (Å²) in [5, 5.41) is 9.74. The van der Waals surface area contributed by atoms with Crippen LogP contribution in [0.3, 0.4) is 0 Å². The van der Waals surface area contributed by atoms with Crippen molar-refractivity contribution in [2.24, 2.45) is 0 Å². The first-order valence-corrected chi connectivity index (χ1v) is 34.2. The van der Waals surface area contributed by atoms with E-state index in [9.17, 15) is 19.5 Å². The number of nitrogens with zero attached hydrogens (tertiary/aromatic N) is 1. The first-order chi connectivity index (χ1) is 43.6. The number of likely N-dealkylation sites (N-methyl/N-ethyl adjacent to an activating group) is 1. The normalized spacial score (nSPS) is 14.0. The van der Waals surface area contributed by atoms with Gasteiger partial charge >= 0.3 is 17.9 Å². The highest BCUT2D eigenvalue weighted by atomic mass is 16.7. The van der Waals surface area contributed by atoms with Crippen LogP contribution in [0.1, 0.15) is 219 Å². The fourth-order valence-corrected chi connectivity index (χ4v) is 8.38. The van der Waals surface area contributed by atoms with Crippen molar-refractivity contribution < 1.29 is 42.9 Å². The maximum atomic E-state index is 12.9. The molecule has 0 bridgehead atoms. The molecule has 496 valence electrons. The molecule has 0 aromatic carbocycles. The lowest BCUT2D eigenvalue weighted by Gasteiger charge is -2.25. The van der Waals surface area contributed by atoms with Gasteiger partial charge in [0.2, 0.25) is 0 Å². The molecular formula is C80H124NO8+. The van der Waals surface area contributed by atoms with E-state index in [1.165, 1.54) is 38.5 Å². The Morgan fingerprint density at radius 3 is 0.933 bits per heavy atom. The van der Waals surface area contributed by atoms with E-state index in [2.05, 4.69) is 220 Å². The number of quaternary nitrogens is 1. The summed E-state index contributed by atoms with van der Waals surface area (Å²) in [5.41, 5.74) is 0. The minimum Gasteiger partial charge on any atom is -0.477 e. The molecule has 0 aromatic rings. The molecule has 0 spiro atoms. The van der Waals surface area contributed by atoms with Crippen LogP contribution >= 0.6 is 0 Å². The van der Waals surface area contributed by atoms with Crippen LogP contribution in [-0.2, 0) is 33.3 Å². The van der Waals surface area contributed by atoms with Crippen LogP contribution in [0.15, 0.2) is 207 Å². The van der Waals surface area contributed by atoms with Crippen molar-refractivity contribution in [2.45, 2.75) is 232 Å². The number of carboxylic acids is 1. The topological polar surface area (TPSA) is 108 Å². The Hall–Kier alpha value is -6.13. The van der Waals surface area contributed by atoms with Gasteiger partial charge in [-0.15, -0.1) is 0 Å². The lowest BCUT2D eigenvalue weighted by atomic mass is 10.1. The number of unbranched alkanes of at least 4 members (excludes halogenated alkanes) is 11. The summed E-state index contributed by atoms with van der Waals surface area (Å²) in [7, 11) is 5.94. The molecule has 9 heteroatoms. The Morgan fingerprint density at radius 2 is 0.618 bits per heavy atom. The van der Waals surface area contributed by atoms with Gasteiger partial charge in [0, 0.05) is 12.8 Å². The van der Waals surface area contributed by atoms with Gasteiger partial charge < -0.3 is 28.5 Å². The van der Waals surface area contributed by atoms with Gasteiger partial charge in [-0.05, 0) is 141 Å². The molecule has 2 unspecified atom stereocenters. The number of ether oxygens (including phenoxy) is 4. The fourth-order valence-electron chi connectivity index (χ4n) is 8.38. The van der Waals surface area contributed by atoms with Crippen molar-refractivity contribution in [1.82, 2.24) is 0 Å². The zero-order valence-electron chi connectivity index (χ0n) is 56.5. The van der Waals surface area contributed by atoms with Crippen molar-refractivity contribution >= 4 is 17.9 Å². The molecule has 0 fully saturated rings. The molecule has 2 atom stereocenters. The molecule has 0 heterocycles. The summed E-state index contributed by atoms with van der Waals surface area (Å²) in [6.07, 6.45) is 104. The van der Waals surface area contributed by atoms with Gasteiger partial charge in [-0.25, -0.2) is 4.79 Å². The number of carbonyl (C=O) groups is 3. The van der Waals surface area contributed by atoms with Gasteiger partial charge in [0.15, 0.2) is 6.10 Å². The predicted octanol–water partition coefficient (Wildman–Crippen LogP) is 21.6. The average Bonchev–Trinajstić information content (AvgIpc) is 3.71. The maximum absolute atomic E-state index is 12.9. The van der Waals surface area contributed by atoms with Gasteiger partial charge in [0.05, 0.1) is 34.4 Å². The van der Waals surface area contributed by atoms with Gasteiger partial charge in [-0.3, -0.25) is 9.59 Å². The van der Waals surface area contributed by atoms with E-state index in [0.29, 0.717) is 23.9 Å². The Balaban J connectivity index is 4.31. The van der Waals surface area contributed by atoms with Crippen molar-refractivity contribution in [3.63, 3.8) is 0 Å². The second-order valence-electron chi connectivity index (χ2n) is 23.0. The molecule has 0 aliphatic rings. The number of allylic oxidation sites excluding steroid dienone is 34. The molecule has 0 saturated heterocycles. The maximum Gasteiger partial charge on any atom is 0.361 e. The monoisotopic (exact) mass is 1230 g/mol. The highest BCUT2D eigenvalue weighted by molar-refractivity contribution is 5.71. The molecule has 89 heavy (non-hydrogen) atoms. The van der Waals surface area contributed by atoms with Crippen LogP contribution in [0.25, 0.3) is 0 Å². The number of carboxylic acid groups (broad SMARTS) is 1. The molecule has 0 aliphatic heterocycles. The third-order valence-corrected chi connectivity index (χ3v) is 13.5. The summed E-state index contributed by atoms with van der Waals surface area (Å²) in [5.74, 6) is -2.12. The van der Waals surface area contributed by atoms with Crippen molar-refractivity contribution in [3.05, 3.63) is 207 Å². The summed E-state index contributed by atoms with van der Waals surface area (Å²) < 4.78 is 22.9. The van der Waals surface area contributed by atoms with Crippen LogP contribution in [-0.4, -0.2) is 87.4 Å². The van der Waals surface area contributed by atoms with Crippen LogP contribution in [0.4, 0.5) is 0 Å². The minimum atomic E-state index is -1.54. The number of rotatable bonds is 60. The second-order valence-corrected chi connectivity index (χ2v) is 23.0. The highest BCUT2D eigenvalue weighted by Crippen LogP contribution is 2.14. The molecule has 0 radical (unpaired) electrons. The van der Waals surface area contributed by atoms with Crippen LogP contribution in [0, 0.1) is 0 Å². The van der Waals surface area contributed by atoms with E-state index in [-0.39, 0.29) is 38.6 Å². The van der Waals surface area contributed by atoms with E-state index < -0.39 is 24.3 Å². The first-order valence-electron chi connectivity index (χ1n) is 34.2. The Bertz CT molecular complexity index is 2210. The van der Waals surface area contributed by atoms with Gasteiger partial charge in [-0.2, -0.15) is 0 Å². The van der Waals surface area contributed by atoms with E-state index in [1.54, 1.807) is 0 Å². The predicted molar refractivity (Wildman–Crippen MR) is 382 cm³/mol. The third-order valence-electron chi connectivity index (χ3n) is 13.5. The summed E-state index contributed by atoms with van der Waals surface area (Å²) in [6.45, 7) is 4.54. The SMILES string of the molecule is CC/C=C\C/C=C\C/C=C\C/C=C\C/C=C\C/C=C\C/C=C\C/C=C\C/C=C\CCCC(=O)OC(COC(=O)CCCCCCCCCCCC/C=C\C/C=C\C/C=C\C/C=C\C/C=C\C/C=C\C/C=C\C/C=C\CC)COC(OCC[N+](C)(C)C)C(=O)O. The number of esters is 2. The standard InChI is InChI=1S/C80H123NO8/c1-6-8-10-12-14-16-18-20-22-24-26-28-30-32-34-36-37-38-39-40-41-43-44-46-48-50-52-54-56-58-60-62-64-66-68-70-77(82)87-74-76(75-88-80(79(84)85)86-73-72-81(3,4)5)89-78(83)71-69-67-65-63-61-59-57-55-53-51-49-47-45-42-35-33-31-29-27-25-23-21-19-17-15-13-11-9-7-2/h8-11,14-17,20-23,26-29,32-35,37-38,40-41,44-47,51,53,57,59,63,65,76,80H,6-7,12-13,18-19,24-25,30-31,36,39,42-43,48-50,52,54-56,58,60-62,64,66-75H2,1-5H3/p+1/b10-8-,11-9-,16-14-,17-15-,22-20-,23-21-,28-26-,29-27-,34-32-,35-33-,38-37-,41-40-,46-44-,47-45-,53-51-,59-57-,65-63-. The van der Waals surface area contributed by atoms with E-state index >= 15 is 0 Å². The molecule has 9 nitrogen and oxygen atoms in total. The molecule has 0 aliphatic carbocycles. The largest absolute Gasteiger partial charge is 0.477 e. The summed E-state index contributed by atoms with van der Waals surface area (Å²) >= 11 is 0. The van der Waals surface area contributed by atoms with E-state index in [1.807, 2.05) is 21.1 Å². The minimum absolute atomic E-state index is 0.164. The summed E-state index contributed by atoms with van der Waals surface area (Å²) in [6, 6.07) is 0. The Labute approximate surface area is 544 Å². The van der Waals surface area contributed by atoms with Crippen LogP contribution < -0.4 is 0 Å². The lowest BCUT2D eigenvalue weighted by molar-refractivity contribution is -0.870. The van der Waals surface area contributed by atoms with E-state index in [0.717, 1.165) is 141 Å². The number of carbonyl (C=O) groups excluding carboxylic acids is 2. The number of hydrogen-bond acceptors (Lipinski definition) is 7. The molecule has 0 rings (SSSR count). The molecular weight excluding hydrogens is 1100 g/mol. The average molecular weight is 1230 g/mol. The molecule has 0 saturated carbocycles. The molecule has 0 aromatic heterocycles. The smallest absolute Gasteiger partial charge is 0.361 e. The number of aliphatic carboxylic acids is 1. The summed E-state index contributed by atoms with van der Waals surface area (Å²) in [4.78, 5) is 37.6. The molecule has 0 amide bonds. The van der Waals surface area contributed by atoms with Gasteiger partial charge in [-0.1, -0.05) is 272 Å². The Morgan fingerprint density at radius 1 is 0.337 bits per heavy atom. The Kier molecular flexibility index (Phi) is 63.1. The zero-order chi connectivity index (χ0) is 64.7. The lowest BCUT2D eigenvalue weighted by Crippen LogP contribution is -2.40. The van der Waals surface area contributed by atoms with Crippen LogP contribution in [0.5, 0.6) is 0 Å². The quantitative estimate of drug-likeness (QED) is 0.0211. The highest BCUT2D eigenvalue weighted by Gasteiger charge is 2.25. The van der Waals surface area contributed by atoms with Gasteiger partial charge in [0.25, 0.3) is 6.29 Å². The van der Waals surface area contributed by atoms with E-state index in [4.69, 9.17) is 18.9 Å².